The molecule has 1 atom stereocenters. The third kappa shape index (κ3) is 3.96. The van der Waals surface area contributed by atoms with Gasteiger partial charge in [-0.25, -0.2) is 21.6 Å². The number of hydrogen-bond acceptors (Lipinski definition) is 5. The highest BCUT2D eigenvalue weighted by Gasteiger charge is 2.41. The maximum atomic E-state index is 12.3. The third-order valence-corrected chi connectivity index (χ3v) is 6.99. The number of hydrogen-bond donors (Lipinski definition) is 2. The predicted molar refractivity (Wildman–Crippen MR) is 82.6 cm³/mol. The molecule has 2 rings (SSSR count). The Hall–Kier alpha value is -1.12. The molecule has 0 radical (unpaired) electrons. The van der Waals surface area contributed by atoms with Crippen LogP contribution in [-0.4, -0.2) is 40.4 Å². The normalized spacial score (nSPS) is 24.9. The van der Waals surface area contributed by atoms with Crippen LogP contribution in [0.1, 0.15) is 20.3 Å². The first kappa shape index (κ1) is 16.3. The molecule has 2 N–H and O–H groups in total. The molecule has 1 aliphatic heterocycles. The molecule has 1 aliphatic rings. The fraction of sp³-hybridized carbons (Fsp3) is 0.538. The average Bonchev–Trinajstić information content (AvgIpc) is 2.63. The van der Waals surface area contributed by atoms with Gasteiger partial charge in [0, 0.05) is 17.8 Å². The quantitative estimate of drug-likeness (QED) is 0.838. The smallest absolute Gasteiger partial charge is 0.241 e. The first-order chi connectivity index (χ1) is 9.66. The molecule has 1 fully saturated rings. The Bertz CT molecular complexity index is 711. The van der Waals surface area contributed by atoms with Gasteiger partial charge in [0.2, 0.25) is 10.0 Å². The van der Waals surface area contributed by atoms with Crippen molar-refractivity contribution in [1.82, 2.24) is 4.72 Å². The lowest BCUT2D eigenvalue weighted by atomic mass is 10.0. The van der Waals surface area contributed by atoms with Gasteiger partial charge in [0.25, 0.3) is 0 Å². The summed E-state index contributed by atoms with van der Waals surface area (Å²) in [5.41, 5.74) is -0.0935. The average molecular weight is 332 g/mol. The number of anilines is 1. The van der Waals surface area contributed by atoms with Crippen molar-refractivity contribution in [1.29, 1.82) is 0 Å². The molecule has 21 heavy (non-hydrogen) atoms. The van der Waals surface area contributed by atoms with E-state index in [1.165, 1.54) is 12.1 Å². The predicted octanol–water partition coefficient (Wildman–Crippen LogP) is 0.974. The van der Waals surface area contributed by atoms with Gasteiger partial charge in [-0.1, -0.05) is 0 Å². The van der Waals surface area contributed by atoms with Crippen molar-refractivity contribution in [3.8, 4) is 0 Å². The lowest BCUT2D eigenvalue weighted by molar-refractivity contribution is 0.462. The maximum absolute atomic E-state index is 12.3. The minimum absolute atomic E-state index is 0.0192. The lowest BCUT2D eigenvalue weighted by Gasteiger charge is -2.23. The van der Waals surface area contributed by atoms with Crippen LogP contribution in [-0.2, 0) is 19.9 Å². The second-order valence-electron chi connectivity index (χ2n) is 5.56. The van der Waals surface area contributed by atoms with Crippen LogP contribution in [0.25, 0.3) is 0 Å². The van der Waals surface area contributed by atoms with Gasteiger partial charge in [0.1, 0.15) is 0 Å². The molecule has 0 bridgehead atoms. The van der Waals surface area contributed by atoms with E-state index in [2.05, 4.69) is 10.0 Å². The molecule has 1 aromatic carbocycles. The van der Waals surface area contributed by atoms with Crippen LogP contribution in [0, 0.1) is 0 Å². The van der Waals surface area contributed by atoms with Crippen LogP contribution in [0.2, 0.25) is 0 Å². The molecule has 0 saturated carbocycles. The molecule has 1 saturated heterocycles. The minimum Gasteiger partial charge on any atom is -0.385 e. The van der Waals surface area contributed by atoms with E-state index in [1.54, 1.807) is 19.1 Å². The summed E-state index contributed by atoms with van der Waals surface area (Å²) < 4.78 is 50.3. The molecular formula is C13H20N2O4S2. The SMILES string of the molecule is CCNc1ccc(S(=O)(=O)NC2(C)CCS(=O)(=O)C2)cc1. The van der Waals surface area contributed by atoms with E-state index < -0.39 is 25.4 Å². The van der Waals surface area contributed by atoms with Gasteiger partial charge < -0.3 is 5.32 Å². The van der Waals surface area contributed by atoms with Crippen molar-refractivity contribution in [3.63, 3.8) is 0 Å². The van der Waals surface area contributed by atoms with E-state index in [9.17, 15) is 16.8 Å². The second kappa shape index (κ2) is 5.58. The van der Waals surface area contributed by atoms with Gasteiger partial charge >= 0.3 is 0 Å². The molecule has 1 heterocycles. The highest BCUT2D eigenvalue weighted by molar-refractivity contribution is 7.92. The number of benzene rings is 1. The van der Waals surface area contributed by atoms with E-state index in [1.807, 2.05) is 6.92 Å². The van der Waals surface area contributed by atoms with Crippen LogP contribution in [0.4, 0.5) is 5.69 Å². The van der Waals surface area contributed by atoms with E-state index in [0.717, 1.165) is 12.2 Å². The Kier molecular flexibility index (Phi) is 4.32. The van der Waals surface area contributed by atoms with Crippen LogP contribution < -0.4 is 10.0 Å². The van der Waals surface area contributed by atoms with Gasteiger partial charge in [0.05, 0.1) is 16.4 Å². The van der Waals surface area contributed by atoms with E-state index in [-0.39, 0.29) is 16.4 Å². The number of rotatable bonds is 5. The van der Waals surface area contributed by atoms with Gasteiger partial charge in [-0.05, 0) is 44.5 Å². The first-order valence-corrected chi connectivity index (χ1v) is 10.0. The maximum Gasteiger partial charge on any atom is 0.241 e. The summed E-state index contributed by atoms with van der Waals surface area (Å²) in [7, 11) is -6.89. The van der Waals surface area contributed by atoms with Gasteiger partial charge in [-0.2, -0.15) is 0 Å². The fourth-order valence-corrected chi connectivity index (χ4v) is 6.05. The Morgan fingerprint density at radius 1 is 1.24 bits per heavy atom. The third-order valence-electron chi connectivity index (χ3n) is 3.43. The number of sulfonamides is 1. The molecule has 8 heteroatoms. The topological polar surface area (TPSA) is 92.3 Å². The monoisotopic (exact) mass is 332 g/mol. The molecule has 0 amide bonds. The molecule has 0 aromatic heterocycles. The van der Waals surface area contributed by atoms with Crippen LogP contribution in [0.15, 0.2) is 29.2 Å². The van der Waals surface area contributed by atoms with Gasteiger partial charge in [-0.15, -0.1) is 0 Å². The molecule has 1 aromatic rings. The van der Waals surface area contributed by atoms with Gasteiger partial charge in [0.15, 0.2) is 9.84 Å². The molecule has 0 spiro atoms. The summed E-state index contributed by atoms with van der Waals surface area (Å²) in [5, 5.41) is 3.08. The Morgan fingerprint density at radius 3 is 2.33 bits per heavy atom. The van der Waals surface area contributed by atoms with E-state index >= 15 is 0 Å². The summed E-state index contributed by atoms with van der Waals surface area (Å²) in [5.74, 6) is -0.139. The standard InChI is InChI=1S/C13H20N2O4S2/c1-3-14-11-4-6-12(7-5-11)21(18,19)15-13(2)8-9-20(16,17)10-13/h4-7,14-15H,3,8-10H2,1-2H3. The zero-order valence-corrected chi connectivity index (χ0v) is 13.7. The molecular weight excluding hydrogens is 312 g/mol. The summed E-state index contributed by atoms with van der Waals surface area (Å²) in [6.45, 7) is 4.33. The second-order valence-corrected chi connectivity index (χ2v) is 9.43. The highest BCUT2D eigenvalue weighted by Crippen LogP contribution is 2.25. The molecule has 6 nitrogen and oxygen atoms in total. The molecule has 0 aliphatic carbocycles. The van der Waals surface area contributed by atoms with Crippen molar-refractivity contribution >= 4 is 25.5 Å². The molecule has 118 valence electrons. The van der Waals surface area contributed by atoms with Crippen LogP contribution >= 0.6 is 0 Å². The Morgan fingerprint density at radius 2 is 1.86 bits per heavy atom. The van der Waals surface area contributed by atoms with Crippen LogP contribution in [0.3, 0.4) is 0 Å². The van der Waals surface area contributed by atoms with Crippen molar-refractivity contribution in [2.75, 3.05) is 23.4 Å². The summed E-state index contributed by atoms with van der Waals surface area (Å²) in [4.78, 5) is 0.134. The van der Waals surface area contributed by atoms with Crippen molar-refractivity contribution < 1.29 is 16.8 Å². The zero-order chi connectivity index (χ0) is 15.7. The fourth-order valence-electron chi connectivity index (χ4n) is 2.43. The van der Waals surface area contributed by atoms with Crippen molar-refractivity contribution in [2.24, 2.45) is 0 Å². The van der Waals surface area contributed by atoms with Crippen molar-refractivity contribution in [3.05, 3.63) is 24.3 Å². The first-order valence-electron chi connectivity index (χ1n) is 6.74. The number of nitrogens with one attached hydrogen (secondary N) is 2. The van der Waals surface area contributed by atoms with Gasteiger partial charge in [-0.3, -0.25) is 0 Å². The minimum atomic E-state index is -3.73. The summed E-state index contributed by atoms with van der Waals surface area (Å²) in [6.07, 6.45) is 0.296. The Labute approximate surface area is 125 Å². The van der Waals surface area contributed by atoms with E-state index in [4.69, 9.17) is 0 Å². The largest absolute Gasteiger partial charge is 0.385 e. The van der Waals surface area contributed by atoms with Crippen LogP contribution in [0.5, 0.6) is 0 Å². The lowest BCUT2D eigenvalue weighted by Crippen LogP contribution is -2.46. The summed E-state index contributed by atoms with van der Waals surface area (Å²) >= 11 is 0. The molecule has 1 unspecified atom stereocenters. The Balaban J connectivity index is 2.19. The summed E-state index contributed by atoms with van der Waals surface area (Å²) in [6, 6.07) is 6.39. The zero-order valence-electron chi connectivity index (χ0n) is 12.1. The van der Waals surface area contributed by atoms with E-state index in [0.29, 0.717) is 6.42 Å². The highest BCUT2D eigenvalue weighted by atomic mass is 32.2. The number of sulfone groups is 1. The van der Waals surface area contributed by atoms with Crippen molar-refractivity contribution in [2.45, 2.75) is 30.7 Å².